The average Bonchev–Trinajstić information content (AvgIpc) is 3.21. The van der Waals surface area contributed by atoms with E-state index in [1.165, 1.54) is 0 Å². The van der Waals surface area contributed by atoms with Crippen LogP contribution in [0, 0.1) is 5.92 Å². The Morgan fingerprint density at radius 2 is 1.56 bits per heavy atom. The molecule has 1 saturated heterocycles. The molecule has 10 nitrogen and oxygen atoms in total. The van der Waals surface area contributed by atoms with Crippen LogP contribution in [-0.4, -0.2) is 82.9 Å². The van der Waals surface area contributed by atoms with E-state index in [0.717, 1.165) is 44.8 Å². The molecule has 0 radical (unpaired) electrons. The number of halogens is 1. The van der Waals surface area contributed by atoms with E-state index in [0.29, 0.717) is 69.2 Å². The standard InChI is InChI=1S/C49H73BrN2O8Si/c1-33(2)47(53)44(32-59-61(34(3)4,35(5)6)36(7)8)51-43-28-37(18-23-42(43)50)30-58-46-29-52(48(54)60-49(9,10)11)25-24-41(46)38-19-21-40(22-20-38)57-27-15-26-56-31-39-16-13-14-17-45(39)55-12/h13-14,16-23,28,33-36,41,44,46,51H,15,24-27,29-32H2,1-12H3. The van der Waals surface area contributed by atoms with Gasteiger partial charge in [-0.15, -0.1) is 0 Å². The van der Waals surface area contributed by atoms with Gasteiger partial charge in [0.25, 0.3) is 0 Å². The van der Waals surface area contributed by atoms with Crippen LogP contribution in [0.5, 0.6) is 11.5 Å². The van der Waals surface area contributed by atoms with Gasteiger partial charge in [0.05, 0.1) is 52.8 Å². The first-order chi connectivity index (χ1) is 28.9. The zero-order valence-corrected chi connectivity index (χ0v) is 41.4. The zero-order chi connectivity index (χ0) is 44.9. The quantitative estimate of drug-likeness (QED) is 0.0779. The SMILES string of the molecule is COc1ccccc1COCCCOc1ccc(C2CCN(C(=O)OC(C)(C)C)CC2OCc2ccc(Br)c(NC(CO[Si](C(C)C)(C(C)C)C(C)C)C(=O)C(C)C)c2)cc1. The van der Waals surface area contributed by atoms with Gasteiger partial charge in [0.15, 0.2) is 14.1 Å². The van der Waals surface area contributed by atoms with Crippen molar-refractivity contribution in [2.24, 2.45) is 5.92 Å². The molecule has 1 N–H and O–H groups in total. The maximum Gasteiger partial charge on any atom is 0.410 e. The van der Waals surface area contributed by atoms with Crippen molar-refractivity contribution in [2.75, 3.05) is 45.3 Å². The van der Waals surface area contributed by atoms with Crippen molar-refractivity contribution in [3.8, 4) is 11.5 Å². The lowest BCUT2D eigenvalue weighted by atomic mass is 9.87. The van der Waals surface area contributed by atoms with Crippen molar-refractivity contribution in [1.82, 2.24) is 4.90 Å². The second-order valence-corrected chi connectivity index (χ2v) is 24.8. The summed E-state index contributed by atoms with van der Waals surface area (Å²) in [5, 5.41) is 3.57. The molecule has 1 aliphatic rings. The number of anilines is 1. The van der Waals surface area contributed by atoms with Gasteiger partial charge < -0.3 is 38.3 Å². The van der Waals surface area contributed by atoms with Gasteiger partial charge in [0.2, 0.25) is 0 Å². The molecule has 1 heterocycles. The Morgan fingerprint density at radius 1 is 0.885 bits per heavy atom. The first-order valence-corrected chi connectivity index (χ1v) is 25.0. The number of carbonyl (C=O) groups is 2. The molecule has 338 valence electrons. The van der Waals surface area contributed by atoms with E-state index in [4.69, 9.17) is 28.1 Å². The number of hydrogen-bond donors (Lipinski definition) is 1. The fourth-order valence-electron chi connectivity index (χ4n) is 8.61. The van der Waals surface area contributed by atoms with Crippen molar-refractivity contribution in [3.05, 3.63) is 87.9 Å². The Hall–Kier alpha value is -3.42. The van der Waals surface area contributed by atoms with Crippen LogP contribution in [0.15, 0.2) is 71.2 Å². The molecule has 3 aromatic carbocycles. The summed E-state index contributed by atoms with van der Waals surface area (Å²) in [7, 11) is -0.542. The normalized spacial score (nSPS) is 16.6. The molecule has 61 heavy (non-hydrogen) atoms. The molecule has 12 heteroatoms. The second-order valence-electron chi connectivity index (χ2n) is 18.5. The molecule has 1 aliphatic heterocycles. The summed E-state index contributed by atoms with van der Waals surface area (Å²) >= 11 is 3.74. The Labute approximate surface area is 376 Å². The number of Topliss-reactive ketones (excluding diaryl/α,β-unsaturated/α-hetero) is 1. The minimum atomic E-state index is -2.21. The van der Waals surface area contributed by atoms with Gasteiger partial charge in [-0.1, -0.05) is 91.8 Å². The molecule has 0 aromatic heterocycles. The second kappa shape index (κ2) is 23.3. The highest BCUT2D eigenvalue weighted by atomic mass is 79.9. The van der Waals surface area contributed by atoms with E-state index < -0.39 is 20.0 Å². The number of methoxy groups -OCH3 is 1. The summed E-state index contributed by atoms with van der Waals surface area (Å²) in [6.07, 6.45) is 0.835. The van der Waals surface area contributed by atoms with E-state index >= 15 is 0 Å². The van der Waals surface area contributed by atoms with Crippen LogP contribution in [0.2, 0.25) is 16.6 Å². The fraction of sp³-hybridized carbons (Fsp3) is 0.592. The lowest BCUT2D eigenvalue weighted by Crippen LogP contribution is -2.51. The van der Waals surface area contributed by atoms with Crippen LogP contribution < -0.4 is 14.8 Å². The first-order valence-electron chi connectivity index (χ1n) is 22.1. The van der Waals surface area contributed by atoms with Gasteiger partial charge in [0.1, 0.15) is 23.1 Å². The minimum Gasteiger partial charge on any atom is -0.496 e. The number of ketones is 1. The van der Waals surface area contributed by atoms with Crippen molar-refractivity contribution in [3.63, 3.8) is 0 Å². The molecule has 0 bridgehead atoms. The fourth-order valence-corrected chi connectivity index (χ4v) is 14.4. The van der Waals surface area contributed by atoms with Crippen molar-refractivity contribution < 1.29 is 37.7 Å². The van der Waals surface area contributed by atoms with Gasteiger partial charge in [-0.25, -0.2) is 4.79 Å². The summed E-state index contributed by atoms with van der Waals surface area (Å²) in [5.41, 5.74) is 4.51. The number of amides is 1. The van der Waals surface area contributed by atoms with Gasteiger partial charge >= 0.3 is 6.09 Å². The number of ether oxygens (including phenoxy) is 5. The predicted octanol–water partition coefficient (Wildman–Crippen LogP) is 12.0. The third-order valence-electron chi connectivity index (χ3n) is 11.6. The van der Waals surface area contributed by atoms with Crippen LogP contribution in [-0.2, 0) is 36.6 Å². The monoisotopic (exact) mass is 924 g/mol. The van der Waals surface area contributed by atoms with Crippen LogP contribution in [0.3, 0.4) is 0 Å². The van der Waals surface area contributed by atoms with Gasteiger partial charge in [0, 0.05) is 40.5 Å². The first kappa shape index (κ1) is 50.2. The molecular formula is C49H73BrN2O8Si. The largest absolute Gasteiger partial charge is 0.496 e. The Balaban J connectivity index is 1.45. The number of benzene rings is 3. The number of likely N-dealkylation sites (tertiary alicyclic amines) is 1. The molecule has 3 atom stereocenters. The highest BCUT2D eigenvalue weighted by molar-refractivity contribution is 9.10. The number of piperidine rings is 1. The summed E-state index contributed by atoms with van der Waals surface area (Å²) in [5.74, 6) is 1.61. The summed E-state index contributed by atoms with van der Waals surface area (Å²) in [6.45, 7) is 26.3. The van der Waals surface area contributed by atoms with E-state index in [9.17, 15) is 9.59 Å². The molecule has 1 amide bonds. The molecular weight excluding hydrogens is 853 g/mol. The van der Waals surface area contributed by atoms with E-state index in [1.54, 1.807) is 12.0 Å². The van der Waals surface area contributed by atoms with Crippen molar-refractivity contribution >= 4 is 41.8 Å². The Bertz CT molecular complexity index is 1810. The van der Waals surface area contributed by atoms with E-state index in [1.807, 2.05) is 89.2 Å². The lowest BCUT2D eigenvalue weighted by Gasteiger charge is -2.43. The van der Waals surface area contributed by atoms with Gasteiger partial charge in [-0.3, -0.25) is 4.79 Å². The van der Waals surface area contributed by atoms with Crippen LogP contribution >= 0.6 is 15.9 Å². The molecule has 0 aliphatic carbocycles. The number of carbonyl (C=O) groups excluding carboxylic acids is 2. The highest BCUT2D eigenvalue weighted by Gasteiger charge is 2.46. The van der Waals surface area contributed by atoms with E-state index in [-0.39, 0.29) is 29.8 Å². The van der Waals surface area contributed by atoms with Gasteiger partial charge in [-0.05, 0) is 101 Å². The number of rotatable bonds is 22. The summed E-state index contributed by atoms with van der Waals surface area (Å²) in [6, 6.07) is 21.6. The predicted molar refractivity (Wildman–Crippen MR) is 251 cm³/mol. The smallest absolute Gasteiger partial charge is 0.410 e. The summed E-state index contributed by atoms with van der Waals surface area (Å²) in [4.78, 5) is 28.7. The molecule has 3 aromatic rings. The Morgan fingerprint density at radius 3 is 2.18 bits per heavy atom. The third-order valence-corrected chi connectivity index (χ3v) is 18.4. The van der Waals surface area contributed by atoms with Crippen molar-refractivity contribution in [2.45, 2.75) is 143 Å². The highest BCUT2D eigenvalue weighted by Crippen LogP contribution is 2.42. The Kier molecular flexibility index (Phi) is 19.2. The molecule has 4 rings (SSSR count). The molecule has 3 unspecified atom stereocenters. The lowest BCUT2D eigenvalue weighted by molar-refractivity contribution is -0.123. The maximum absolute atomic E-state index is 13.7. The van der Waals surface area contributed by atoms with Crippen LogP contribution in [0.1, 0.15) is 112 Å². The number of nitrogens with one attached hydrogen (secondary N) is 1. The molecule has 0 saturated carbocycles. The number of para-hydroxylation sites is 1. The maximum atomic E-state index is 13.7. The zero-order valence-electron chi connectivity index (χ0n) is 38.8. The van der Waals surface area contributed by atoms with Crippen LogP contribution in [0.4, 0.5) is 10.5 Å². The van der Waals surface area contributed by atoms with Crippen molar-refractivity contribution in [1.29, 1.82) is 0 Å². The number of nitrogens with zero attached hydrogens (tertiary/aromatic N) is 1. The van der Waals surface area contributed by atoms with Crippen LogP contribution in [0.25, 0.3) is 0 Å². The van der Waals surface area contributed by atoms with Gasteiger partial charge in [-0.2, -0.15) is 0 Å². The number of hydrogen-bond acceptors (Lipinski definition) is 9. The third kappa shape index (κ3) is 14.3. The topological polar surface area (TPSA) is 105 Å². The summed E-state index contributed by atoms with van der Waals surface area (Å²) < 4.78 is 37.7. The van der Waals surface area contributed by atoms with E-state index in [2.05, 4.69) is 74.9 Å². The molecule has 1 fully saturated rings. The average molecular weight is 926 g/mol. The molecule has 0 spiro atoms. The minimum absolute atomic E-state index is 0.0432.